The number of rotatable bonds is 13. The number of aryl methyl sites for hydroxylation is 1. The van der Waals surface area contributed by atoms with E-state index in [0.29, 0.717) is 31.8 Å². The molecule has 1 heterocycles. The largest absolute Gasteiger partial charge is 0.466 e. The Balaban J connectivity index is 1.23. The van der Waals surface area contributed by atoms with E-state index in [1.54, 1.807) is 0 Å². The lowest BCUT2D eigenvalue weighted by Gasteiger charge is -2.24. The highest BCUT2D eigenvalue weighted by molar-refractivity contribution is 6.04. The van der Waals surface area contributed by atoms with Crippen LogP contribution in [0.2, 0.25) is 0 Å². The van der Waals surface area contributed by atoms with Crippen molar-refractivity contribution in [2.24, 2.45) is 11.0 Å². The second-order valence-corrected chi connectivity index (χ2v) is 10.7. The summed E-state index contributed by atoms with van der Waals surface area (Å²) in [5.74, 6) is 0.0388. The molecule has 0 spiro atoms. The topological polar surface area (TPSA) is 80.2 Å². The van der Waals surface area contributed by atoms with Gasteiger partial charge in [-0.1, -0.05) is 57.2 Å². The third kappa shape index (κ3) is 9.50. The lowest BCUT2D eigenvalue weighted by atomic mass is 9.81. The maximum atomic E-state index is 13.0. The highest BCUT2D eigenvalue weighted by Crippen LogP contribution is 2.29. The van der Waals surface area contributed by atoms with Crippen molar-refractivity contribution in [1.82, 2.24) is 5.01 Å². The summed E-state index contributed by atoms with van der Waals surface area (Å²) in [4.78, 5) is 25.4. The van der Waals surface area contributed by atoms with Gasteiger partial charge in [0, 0.05) is 17.7 Å². The van der Waals surface area contributed by atoms with Crippen LogP contribution in [0.5, 0.6) is 0 Å². The zero-order valence-corrected chi connectivity index (χ0v) is 23.3. The van der Waals surface area contributed by atoms with Crippen LogP contribution in [-0.4, -0.2) is 56.0 Å². The molecule has 2 aromatic rings. The molecule has 2 aromatic carbocycles. The van der Waals surface area contributed by atoms with Crippen LogP contribution in [0.25, 0.3) is 0 Å². The van der Waals surface area contributed by atoms with E-state index in [9.17, 15) is 9.59 Å². The van der Waals surface area contributed by atoms with Crippen molar-refractivity contribution in [1.29, 1.82) is 0 Å². The number of carbonyl (C=O) groups excluding carboxylic acids is 2. The Labute approximate surface area is 233 Å². The third-order valence-corrected chi connectivity index (χ3v) is 7.54. The molecule has 1 fully saturated rings. The van der Waals surface area contributed by atoms with E-state index in [4.69, 9.17) is 9.47 Å². The SMILES string of the molecule is CCCCCCCCOC(=O)CC1CCc2ccc(C(=O)Nc3ccc(/C=N/N4CCOCC4)cc3)cc2C1. The summed E-state index contributed by atoms with van der Waals surface area (Å²) in [5, 5.41) is 9.50. The number of nitrogens with zero attached hydrogens (tertiary/aromatic N) is 2. The summed E-state index contributed by atoms with van der Waals surface area (Å²) in [7, 11) is 0. The van der Waals surface area contributed by atoms with E-state index < -0.39 is 0 Å². The van der Waals surface area contributed by atoms with Crippen LogP contribution in [0, 0.1) is 5.92 Å². The number of unbranched alkanes of at least 4 members (excludes halogenated alkanes) is 5. The molecule has 0 aromatic heterocycles. The average molecular weight is 534 g/mol. The van der Waals surface area contributed by atoms with Crippen molar-refractivity contribution in [3.63, 3.8) is 0 Å². The molecule has 0 saturated carbocycles. The third-order valence-electron chi connectivity index (χ3n) is 7.54. The lowest BCUT2D eigenvalue weighted by molar-refractivity contribution is -0.145. The molecule has 210 valence electrons. The molecule has 39 heavy (non-hydrogen) atoms. The molecule has 1 saturated heterocycles. The summed E-state index contributed by atoms with van der Waals surface area (Å²) >= 11 is 0. The first-order valence-electron chi connectivity index (χ1n) is 14.7. The summed E-state index contributed by atoms with van der Waals surface area (Å²) in [6.45, 7) is 5.76. The molecular weight excluding hydrogens is 490 g/mol. The van der Waals surface area contributed by atoms with Crippen molar-refractivity contribution >= 4 is 23.8 Å². The van der Waals surface area contributed by atoms with Gasteiger partial charge < -0.3 is 14.8 Å². The van der Waals surface area contributed by atoms with Crippen molar-refractivity contribution in [3.8, 4) is 0 Å². The summed E-state index contributed by atoms with van der Waals surface area (Å²) in [6, 6.07) is 13.6. The second-order valence-electron chi connectivity index (χ2n) is 10.7. The van der Waals surface area contributed by atoms with Gasteiger partial charge in [0.25, 0.3) is 5.91 Å². The Morgan fingerprint density at radius 2 is 1.79 bits per heavy atom. The van der Waals surface area contributed by atoms with E-state index in [1.165, 1.54) is 31.2 Å². The van der Waals surface area contributed by atoms with Crippen LogP contribution in [0.4, 0.5) is 5.69 Å². The molecule has 4 rings (SSSR count). The summed E-state index contributed by atoms with van der Waals surface area (Å²) in [6.07, 6.45) is 12.1. The van der Waals surface area contributed by atoms with Crippen LogP contribution >= 0.6 is 0 Å². The number of esters is 1. The quantitative estimate of drug-likeness (QED) is 0.194. The van der Waals surface area contributed by atoms with Crippen LogP contribution in [0.3, 0.4) is 0 Å². The van der Waals surface area contributed by atoms with E-state index in [2.05, 4.69) is 23.4 Å². The van der Waals surface area contributed by atoms with E-state index >= 15 is 0 Å². The fourth-order valence-electron chi connectivity index (χ4n) is 5.18. The normalized spacial score (nSPS) is 17.2. The van der Waals surface area contributed by atoms with Crippen LogP contribution in [-0.2, 0) is 27.1 Å². The van der Waals surface area contributed by atoms with E-state index in [-0.39, 0.29) is 17.8 Å². The number of hydrogen-bond acceptors (Lipinski definition) is 6. The van der Waals surface area contributed by atoms with Gasteiger partial charge in [0.05, 0.1) is 39.1 Å². The standard InChI is InChI=1S/C32H43N3O4/c1-2-3-4-5-6-7-18-39-31(36)22-26-8-11-27-12-13-28(23-29(27)21-26)32(37)34-30-14-9-25(10-15-30)24-33-35-16-19-38-20-17-35/h9-10,12-15,23-24,26H,2-8,11,16-22H2,1H3,(H,34,37)/b33-24+. The fourth-order valence-corrected chi connectivity index (χ4v) is 5.18. The summed E-state index contributed by atoms with van der Waals surface area (Å²) < 4.78 is 10.8. The number of nitrogens with one attached hydrogen (secondary N) is 1. The zero-order valence-electron chi connectivity index (χ0n) is 23.3. The van der Waals surface area contributed by atoms with Crippen LogP contribution in [0.1, 0.15) is 85.3 Å². The number of carbonyl (C=O) groups is 2. The van der Waals surface area contributed by atoms with Gasteiger partial charge in [-0.15, -0.1) is 0 Å². The maximum absolute atomic E-state index is 13.0. The van der Waals surface area contributed by atoms with Gasteiger partial charge in [-0.05, 0) is 72.6 Å². The Morgan fingerprint density at radius 3 is 2.59 bits per heavy atom. The minimum Gasteiger partial charge on any atom is -0.466 e. The molecule has 7 heteroatoms. The van der Waals surface area contributed by atoms with Crippen molar-refractivity contribution in [2.75, 3.05) is 38.2 Å². The number of morpholine rings is 1. The van der Waals surface area contributed by atoms with Gasteiger partial charge >= 0.3 is 5.97 Å². The van der Waals surface area contributed by atoms with Crippen molar-refractivity contribution in [3.05, 3.63) is 64.7 Å². The van der Waals surface area contributed by atoms with Crippen LogP contribution in [0.15, 0.2) is 47.6 Å². The van der Waals surface area contributed by atoms with E-state index in [0.717, 1.165) is 62.0 Å². The maximum Gasteiger partial charge on any atom is 0.306 e. The molecule has 1 atom stereocenters. The predicted octanol–water partition coefficient (Wildman–Crippen LogP) is 6.00. The first-order valence-corrected chi connectivity index (χ1v) is 14.7. The van der Waals surface area contributed by atoms with Gasteiger partial charge in [-0.25, -0.2) is 0 Å². The molecule has 1 amide bonds. The first kappa shape index (κ1) is 28.8. The number of benzene rings is 2. The Bertz CT molecular complexity index is 1090. The van der Waals surface area contributed by atoms with Gasteiger partial charge in [0.2, 0.25) is 0 Å². The molecule has 1 aliphatic heterocycles. The Morgan fingerprint density at radius 1 is 1.03 bits per heavy atom. The second kappa shape index (κ2) is 15.4. The number of ether oxygens (including phenoxy) is 2. The molecule has 1 unspecified atom stereocenters. The average Bonchev–Trinajstić information content (AvgIpc) is 2.96. The first-order chi connectivity index (χ1) is 19.1. The molecule has 0 radical (unpaired) electrons. The fraction of sp³-hybridized carbons (Fsp3) is 0.531. The molecule has 0 bridgehead atoms. The zero-order chi connectivity index (χ0) is 27.3. The monoisotopic (exact) mass is 533 g/mol. The van der Waals surface area contributed by atoms with Gasteiger partial charge in [0.1, 0.15) is 0 Å². The van der Waals surface area contributed by atoms with Crippen molar-refractivity contribution in [2.45, 2.75) is 71.1 Å². The van der Waals surface area contributed by atoms with Gasteiger partial charge in [-0.3, -0.25) is 14.6 Å². The smallest absolute Gasteiger partial charge is 0.306 e. The predicted molar refractivity (Wildman–Crippen MR) is 155 cm³/mol. The lowest BCUT2D eigenvalue weighted by Crippen LogP contribution is -2.32. The molecule has 2 aliphatic rings. The number of amides is 1. The highest BCUT2D eigenvalue weighted by Gasteiger charge is 2.23. The number of anilines is 1. The van der Waals surface area contributed by atoms with Gasteiger partial charge in [-0.2, -0.15) is 5.10 Å². The minimum atomic E-state index is -0.131. The van der Waals surface area contributed by atoms with Crippen molar-refractivity contribution < 1.29 is 19.1 Å². The highest BCUT2D eigenvalue weighted by atomic mass is 16.5. The van der Waals surface area contributed by atoms with Gasteiger partial charge in [0.15, 0.2) is 0 Å². The molecular formula is C32H43N3O4. The van der Waals surface area contributed by atoms with E-state index in [1.807, 2.05) is 47.6 Å². The number of fused-ring (bicyclic) bond motifs is 1. The number of hydrogen-bond donors (Lipinski definition) is 1. The molecule has 1 N–H and O–H groups in total. The Kier molecular flexibility index (Phi) is 11.4. The molecule has 1 aliphatic carbocycles. The summed E-state index contributed by atoms with van der Waals surface area (Å²) in [5.41, 5.74) is 4.79. The van der Waals surface area contributed by atoms with Crippen LogP contribution < -0.4 is 5.32 Å². The molecule has 7 nitrogen and oxygen atoms in total. The minimum absolute atomic E-state index is 0.0932. The number of hydrazone groups is 1. The Hall–Kier alpha value is -3.19.